The molecule has 5 heteroatoms. The molecule has 0 radical (unpaired) electrons. The molecule has 2 unspecified atom stereocenters. The maximum absolute atomic E-state index is 12.0. The van der Waals surface area contributed by atoms with Crippen LogP contribution in [0.25, 0.3) is 0 Å². The van der Waals surface area contributed by atoms with Crippen molar-refractivity contribution in [1.29, 1.82) is 5.26 Å². The molecule has 24 heavy (non-hydrogen) atoms. The smallest absolute Gasteiger partial charge is 0.220 e. The molecule has 5 nitrogen and oxygen atoms in total. The molecule has 0 saturated heterocycles. The van der Waals surface area contributed by atoms with Gasteiger partial charge in [0.2, 0.25) is 5.91 Å². The number of nitrogens with zero attached hydrogens (tertiary/aromatic N) is 1. The van der Waals surface area contributed by atoms with Gasteiger partial charge >= 0.3 is 0 Å². The first-order valence-electron chi connectivity index (χ1n) is 8.76. The quantitative estimate of drug-likeness (QED) is 0.718. The summed E-state index contributed by atoms with van der Waals surface area (Å²) < 4.78 is 5.60. The highest BCUT2D eigenvalue weighted by Gasteiger charge is 2.25. The molecule has 1 aromatic carbocycles. The molecule has 2 N–H and O–H groups in total. The third kappa shape index (κ3) is 5.86. The average molecular weight is 330 g/mol. The van der Waals surface area contributed by atoms with Crippen molar-refractivity contribution in [2.24, 2.45) is 5.92 Å². The van der Waals surface area contributed by atoms with Crippen LogP contribution in [0.4, 0.5) is 0 Å². The number of nitrogens with one attached hydrogen (secondary N) is 1. The van der Waals surface area contributed by atoms with Crippen molar-refractivity contribution in [2.45, 2.75) is 51.0 Å². The summed E-state index contributed by atoms with van der Waals surface area (Å²) >= 11 is 0. The summed E-state index contributed by atoms with van der Waals surface area (Å²) in [7, 11) is 0. The lowest BCUT2D eigenvalue weighted by atomic mass is 9.85. The second-order valence-corrected chi connectivity index (χ2v) is 6.35. The molecule has 2 rings (SSSR count). The van der Waals surface area contributed by atoms with Crippen LogP contribution in [0.2, 0.25) is 0 Å². The highest BCUT2D eigenvalue weighted by Crippen LogP contribution is 2.24. The van der Waals surface area contributed by atoms with Crippen molar-refractivity contribution < 1.29 is 14.6 Å². The lowest BCUT2D eigenvalue weighted by Crippen LogP contribution is -2.43. The van der Waals surface area contributed by atoms with E-state index in [4.69, 9.17) is 10.00 Å². The number of unbranched alkanes of at least 4 members (excludes halogenated alkanes) is 1. The predicted octanol–water partition coefficient (Wildman–Crippen LogP) is 2.77. The molecule has 2 atom stereocenters. The van der Waals surface area contributed by atoms with Crippen molar-refractivity contribution in [3.05, 3.63) is 29.8 Å². The molecule has 130 valence electrons. The topological polar surface area (TPSA) is 82.3 Å². The fourth-order valence-electron chi connectivity index (χ4n) is 3.13. The Morgan fingerprint density at radius 3 is 2.96 bits per heavy atom. The Balaban J connectivity index is 1.61. The molecule has 1 amide bonds. The summed E-state index contributed by atoms with van der Waals surface area (Å²) in [6.45, 7) is 0.686. The minimum Gasteiger partial charge on any atom is -0.494 e. The van der Waals surface area contributed by atoms with Crippen LogP contribution in [0, 0.1) is 17.2 Å². The molecular formula is C19H26N2O3. The summed E-state index contributed by atoms with van der Waals surface area (Å²) in [5.74, 6) is 0.955. The Labute approximate surface area is 143 Å². The van der Waals surface area contributed by atoms with E-state index < -0.39 is 0 Å². The second kappa shape index (κ2) is 9.94. The van der Waals surface area contributed by atoms with E-state index in [0.29, 0.717) is 24.3 Å². The van der Waals surface area contributed by atoms with E-state index in [1.54, 1.807) is 18.2 Å². The highest BCUT2D eigenvalue weighted by atomic mass is 16.5. The van der Waals surface area contributed by atoms with Crippen molar-refractivity contribution in [3.8, 4) is 11.8 Å². The molecule has 0 heterocycles. The van der Waals surface area contributed by atoms with Gasteiger partial charge in [0, 0.05) is 25.0 Å². The molecule has 0 spiro atoms. The number of ether oxygens (including phenoxy) is 1. The fourth-order valence-corrected chi connectivity index (χ4v) is 3.13. The number of amides is 1. The first kappa shape index (κ1) is 18.3. The zero-order chi connectivity index (χ0) is 17.2. The van der Waals surface area contributed by atoms with Gasteiger partial charge in [0.05, 0.1) is 18.2 Å². The molecule has 1 saturated carbocycles. The maximum Gasteiger partial charge on any atom is 0.220 e. The fraction of sp³-hybridized carbons (Fsp3) is 0.579. The second-order valence-electron chi connectivity index (χ2n) is 6.35. The van der Waals surface area contributed by atoms with Gasteiger partial charge in [-0.25, -0.2) is 0 Å². The van der Waals surface area contributed by atoms with E-state index in [1.165, 1.54) is 0 Å². The van der Waals surface area contributed by atoms with Gasteiger partial charge in [-0.3, -0.25) is 4.79 Å². The molecule has 1 aliphatic carbocycles. The van der Waals surface area contributed by atoms with Crippen LogP contribution in [0.3, 0.4) is 0 Å². The molecule has 0 bridgehead atoms. The monoisotopic (exact) mass is 330 g/mol. The molecule has 0 aromatic heterocycles. The normalized spacial score (nSPS) is 20.2. The van der Waals surface area contributed by atoms with Crippen LogP contribution in [-0.4, -0.2) is 30.3 Å². The first-order chi connectivity index (χ1) is 11.7. The van der Waals surface area contributed by atoms with Crippen molar-refractivity contribution in [3.63, 3.8) is 0 Å². The number of nitriles is 1. The Bertz CT molecular complexity index is 568. The molecule has 1 aromatic rings. The zero-order valence-corrected chi connectivity index (χ0v) is 14.0. The number of carbonyl (C=O) groups is 1. The van der Waals surface area contributed by atoms with Gasteiger partial charge in [0.15, 0.2) is 0 Å². The van der Waals surface area contributed by atoms with E-state index in [9.17, 15) is 9.90 Å². The third-order valence-electron chi connectivity index (χ3n) is 4.52. The number of aliphatic hydroxyl groups excluding tert-OH is 1. The van der Waals surface area contributed by atoms with Crippen molar-refractivity contribution >= 4 is 5.91 Å². The van der Waals surface area contributed by atoms with E-state index in [2.05, 4.69) is 11.4 Å². The summed E-state index contributed by atoms with van der Waals surface area (Å²) in [6, 6.07) is 9.28. The Morgan fingerprint density at radius 2 is 2.17 bits per heavy atom. The minimum atomic E-state index is 0.0619. The van der Waals surface area contributed by atoms with E-state index in [0.717, 1.165) is 38.5 Å². The van der Waals surface area contributed by atoms with E-state index >= 15 is 0 Å². The molecular weight excluding hydrogens is 304 g/mol. The number of rotatable bonds is 8. The van der Waals surface area contributed by atoms with E-state index in [1.807, 2.05) is 6.07 Å². The maximum atomic E-state index is 12.0. The van der Waals surface area contributed by atoms with Crippen LogP contribution >= 0.6 is 0 Å². The minimum absolute atomic E-state index is 0.0619. The van der Waals surface area contributed by atoms with Gasteiger partial charge < -0.3 is 15.2 Å². The van der Waals surface area contributed by atoms with Crippen LogP contribution in [0.5, 0.6) is 5.75 Å². The van der Waals surface area contributed by atoms with Gasteiger partial charge in [-0.15, -0.1) is 0 Å². The van der Waals surface area contributed by atoms with Crippen molar-refractivity contribution in [2.75, 3.05) is 13.2 Å². The van der Waals surface area contributed by atoms with Crippen molar-refractivity contribution in [1.82, 2.24) is 5.32 Å². The number of benzene rings is 1. The lowest BCUT2D eigenvalue weighted by molar-refractivity contribution is -0.122. The molecule has 1 aliphatic rings. The Kier molecular flexibility index (Phi) is 7.57. The van der Waals surface area contributed by atoms with Gasteiger partial charge in [0.25, 0.3) is 0 Å². The van der Waals surface area contributed by atoms with Gasteiger partial charge in [0.1, 0.15) is 5.75 Å². The van der Waals surface area contributed by atoms with Gasteiger partial charge in [-0.1, -0.05) is 18.9 Å². The van der Waals surface area contributed by atoms with Gasteiger partial charge in [-0.05, 0) is 43.9 Å². The summed E-state index contributed by atoms with van der Waals surface area (Å²) in [6.07, 6.45) is 6.26. The van der Waals surface area contributed by atoms with Crippen LogP contribution in [0.15, 0.2) is 24.3 Å². The largest absolute Gasteiger partial charge is 0.494 e. The summed E-state index contributed by atoms with van der Waals surface area (Å²) in [5.41, 5.74) is 0.581. The lowest BCUT2D eigenvalue weighted by Gasteiger charge is -2.30. The molecule has 0 aliphatic heterocycles. The first-order valence-corrected chi connectivity index (χ1v) is 8.76. The third-order valence-corrected chi connectivity index (χ3v) is 4.52. The SMILES string of the molecule is N#Cc1cccc(OCCCCC(=O)NC2CCCCC2CO)c1. The number of hydrogen-bond donors (Lipinski definition) is 2. The average Bonchev–Trinajstić information content (AvgIpc) is 2.62. The number of carbonyl (C=O) groups excluding carboxylic acids is 1. The van der Waals surface area contributed by atoms with Gasteiger partial charge in [-0.2, -0.15) is 5.26 Å². The summed E-state index contributed by atoms with van der Waals surface area (Å²) in [5, 5.41) is 21.3. The number of hydrogen-bond acceptors (Lipinski definition) is 4. The summed E-state index contributed by atoms with van der Waals surface area (Å²) in [4.78, 5) is 12.0. The van der Waals surface area contributed by atoms with Crippen LogP contribution in [0.1, 0.15) is 50.5 Å². The Morgan fingerprint density at radius 1 is 1.33 bits per heavy atom. The molecule has 1 fully saturated rings. The van der Waals surface area contributed by atoms with E-state index in [-0.39, 0.29) is 24.5 Å². The Hall–Kier alpha value is -2.06. The predicted molar refractivity (Wildman–Crippen MR) is 91.5 cm³/mol. The van der Waals surface area contributed by atoms with Crippen LogP contribution in [-0.2, 0) is 4.79 Å². The standard InChI is InChI=1S/C19H26N2O3/c20-13-15-6-5-8-17(12-15)24-11-4-3-10-19(23)21-18-9-2-1-7-16(18)14-22/h5-6,8,12,16,18,22H,1-4,7,9-11,14H2,(H,21,23). The number of aliphatic hydroxyl groups is 1. The highest BCUT2D eigenvalue weighted by molar-refractivity contribution is 5.76. The zero-order valence-electron chi connectivity index (χ0n) is 14.0. The van der Waals surface area contributed by atoms with Crippen LogP contribution < -0.4 is 10.1 Å².